The molecule has 0 saturated carbocycles. The quantitative estimate of drug-likeness (QED) is 0.736. The lowest BCUT2D eigenvalue weighted by Gasteiger charge is -2.26. The number of fused-ring (bicyclic) bond motifs is 1. The fourth-order valence-electron chi connectivity index (χ4n) is 3.57. The summed E-state index contributed by atoms with van der Waals surface area (Å²) in [4.78, 5) is 19.0. The third-order valence-corrected chi connectivity index (χ3v) is 5.98. The summed E-state index contributed by atoms with van der Waals surface area (Å²) in [5.74, 6) is 2.22. The molecule has 0 aliphatic carbocycles. The van der Waals surface area contributed by atoms with Crippen molar-refractivity contribution in [1.29, 1.82) is 0 Å². The number of piperidine rings is 1. The van der Waals surface area contributed by atoms with Gasteiger partial charge in [0.2, 0.25) is 5.91 Å². The zero-order chi connectivity index (χ0) is 18.6. The summed E-state index contributed by atoms with van der Waals surface area (Å²) in [5, 5.41) is 0.882. The zero-order valence-electron chi connectivity index (χ0n) is 15.6. The van der Waals surface area contributed by atoms with Gasteiger partial charge in [-0.2, -0.15) is 0 Å². The first-order chi connectivity index (χ1) is 13.3. The van der Waals surface area contributed by atoms with Gasteiger partial charge in [0, 0.05) is 25.2 Å². The van der Waals surface area contributed by atoms with Gasteiger partial charge in [-0.15, -0.1) is 0 Å². The molecule has 0 radical (unpaired) electrons. The van der Waals surface area contributed by atoms with Gasteiger partial charge in [0.15, 0.2) is 16.7 Å². The number of carbonyl (C=O) groups is 1. The Labute approximate surface area is 163 Å². The maximum absolute atomic E-state index is 12.4. The molecule has 2 aliphatic heterocycles. The molecule has 0 unspecified atom stereocenters. The Hall–Kier alpha value is -2.15. The van der Waals surface area contributed by atoms with Gasteiger partial charge in [-0.05, 0) is 44.4 Å². The van der Waals surface area contributed by atoms with E-state index in [1.165, 1.54) is 18.2 Å². The number of ether oxygens (including phenoxy) is 2. The minimum atomic E-state index is 0.214. The van der Waals surface area contributed by atoms with Gasteiger partial charge in [-0.1, -0.05) is 11.8 Å². The molecule has 3 heterocycles. The highest BCUT2D eigenvalue weighted by Crippen LogP contribution is 2.35. The molecule has 1 aromatic carbocycles. The monoisotopic (exact) mass is 387 g/mol. The van der Waals surface area contributed by atoms with Crippen LogP contribution in [0.15, 0.2) is 29.6 Å². The van der Waals surface area contributed by atoms with Crippen LogP contribution in [0.3, 0.4) is 0 Å². The van der Waals surface area contributed by atoms with E-state index in [1.54, 1.807) is 0 Å². The Kier molecular flexibility index (Phi) is 5.57. The second-order valence-corrected chi connectivity index (χ2v) is 7.70. The molecule has 2 aromatic rings. The van der Waals surface area contributed by atoms with Crippen LogP contribution in [0.2, 0.25) is 0 Å². The van der Waals surface area contributed by atoms with Gasteiger partial charge >= 0.3 is 0 Å². The van der Waals surface area contributed by atoms with Crippen molar-refractivity contribution in [2.24, 2.45) is 0 Å². The maximum atomic E-state index is 12.4. The van der Waals surface area contributed by atoms with Crippen LogP contribution in [0.25, 0.3) is 11.3 Å². The molecule has 6 nitrogen and oxygen atoms in total. The predicted molar refractivity (Wildman–Crippen MR) is 105 cm³/mol. The van der Waals surface area contributed by atoms with Crippen molar-refractivity contribution in [2.75, 3.05) is 32.1 Å². The number of likely N-dealkylation sites (tertiary alicyclic amines) is 1. The Morgan fingerprint density at radius 1 is 1.15 bits per heavy atom. The molecular formula is C20H25N3O3S. The average Bonchev–Trinajstić information content (AvgIpc) is 3.15. The fraction of sp³-hybridized carbons (Fsp3) is 0.500. The van der Waals surface area contributed by atoms with Crippen LogP contribution >= 0.6 is 11.8 Å². The molecule has 27 heavy (non-hydrogen) atoms. The largest absolute Gasteiger partial charge is 0.486 e. The first-order valence-electron chi connectivity index (χ1n) is 9.62. The Balaban J connectivity index is 1.49. The number of hydrogen-bond donors (Lipinski definition) is 0. The highest BCUT2D eigenvalue weighted by molar-refractivity contribution is 7.99. The Bertz CT molecular complexity index is 815. The molecule has 1 fully saturated rings. The van der Waals surface area contributed by atoms with Gasteiger partial charge in [-0.3, -0.25) is 4.79 Å². The van der Waals surface area contributed by atoms with Crippen molar-refractivity contribution < 1.29 is 14.3 Å². The number of aromatic nitrogens is 2. The molecule has 1 saturated heterocycles. The molecule has 2 aliphatic rings. The van der Waals surface area contributed by atoms with Crippen LogP contribution in [-0.2, 0) is 11.3 Å². The van der Waals surface area contributed by atoms with Crippen molar-refractivity contribution in [3.8, 4) is 22.8 Å². The summed E-state index contributed by atoms with van der Waals surface area (Å²) in [7, 11) is 0. The normalized spacial score (nSPS) is 16.4. The van der Waals surface area contributed by atoms with Crippen LogP contribution in [0, 0.1) is 0 Å². The van der Waals surface area contributed by atoms with E-state index >= 15 is 0 Å². The van der Waals surface area contributed by atoms with Crippen molar-refractivity contribution in [3.05, 3.63) is 24.4 Å². The fourth-order valence-corrected chi connectivity index (χ4v) is 4.52. The molecule has 1 aromatic heterocycles. The minimum Gasteiger partial charge on any atom is -0.486 e. The Morgan fingerprint density at radius 2 is 1.93 bits per heavy atom. The Morgan fingerprint density at radius 3 is 2.70 bits per heavy atom. The van der Waals surface area contributed by atoms with E-state index in [4.69, 9.17) is 9.47 Å². The summed E-state index contributed by atoms with van der Waals surface area (Å²) in [6.07, 6.45) is 5.35. The summed E-state index contributed by atoms with van der Waals surface area (Å²) in [6, 6.07) is 5.98. The summed E-state index contributed by atoms with van der Waals surface area (Å²) < 4.78 is 13.5. The lowest BCUT2D eigenvalue weighted by Crippen LogP contribution is -2.36. The van der Waals surface area contributed by atoms with Gasteiger partial charge in [0.1, 0.15) is 13.2 Å². The summed E-state index contributed by atoms with van der Waals surface area (Å²) in [6.45, 7) is 5.84. The second-order valence-electron chi connectivity index (χ2n) is 6.76. The summed E-state index contributed by atoms with van der Waals surface area (Å²) in [5.41, 5.74) is 2.07. The average molecular weight is 388 g/mol. The van der Waals surface area contributed by atoms with E-state index in [1.807, 2.05) is 29.3 Å². The number of thioether (sulfide) groups is 1. The number of nitrogens with zero attached hydrogens (tertiary/aromatic N) is 3. The van der Waals surface area contributed by atoms with E-state index in [2.05, 4.69) is 16.5 Å². The smallest absolute Gasteiger partial charge is 0.233 e. The molecule has 7 heteroatoms. The topological polar surface area (TPSA) is 56.6 Å². The van der Waals surface area contributed by atoms with Gasteiger partial charge < -0.3 is 18.9 Å². The predicted octanol–water partition coefficient (Wildman–Crippen LogP) is 3.45. The molecule has 1 amide bonds. The molecule has 0 N–H and O–H groups in total. The molecule has 0 atom stereocenters. The maximum Gasteiger partial charge on any atom is 0.233 e. The van der Waals surface area contributed by atoms with E-state index in [9.17, 15) is 4.79 Å². The van der Waals surface area contributed by atoms with E-state index in [-0.39, 0.29) is 5.91 Å². The molecule has 144 valence electrons. The van der Waals surface area contributed by atoms with Crippen LogP contribution in [0.1, 0.15) is 26.2 Å². The molecular weight excluding hydrogens is 362 g/mol. The van der Waals surface area contributed by atoms with Crippen molar-refractivity contribution >= 4 is 17.7 Å². The van der Waals surface area contributed by atoms with Gasteiger partial charge in [-0.25, -0.2) is 4.98 Å². The number of imidazole rings is 1. The molecule has 0 bridgehead atoms. The zero-order valence-corrected chi connectivity index (χ0v) is 16.5. The minimum absolute atomic E-state index is 0.214. The lowest BCUT2D eigenvalue weighted by atomic mass is 10.1. The van der Waals surface area contributed by atoms with Crippen molar-refractivity contribution in [2.45, 2.75) is 37.9 Å². The van der Waals surface area contributed by atoms with E-state index in [0.29, 0.717) is 19.0 Å². The van der Waals surface area contributed by atoms with Crippen LogP contribution in [-0.4, -0.2) is 52.4 Å². The first kappa shape index (κ1) is 18.2. The van der Waals surface area contributed by atoms with Crippen LogP contribution in [0.4, 0.5) is 0 Å². The number of amides is 1. The second kappa shape index (κ2) is 8.25. The standard InChI is InChI=1S/C20H25N3O3S/c1-2-23-16(15-6-7-17-18(12-15)26-11-10-25-17)13-21-20(23)27-14-19(24)22-8-4-3-5-9-22/h6-7,12-13H,2-5,8-11,14H2,1H3. The number of hydrogen-bond acceptors (Lipinski definition) is 5. The van der Waals surface area contributed by atoms with Gasteiger partial charge in [0.05, 0.1) is 17.6 Å². The number of rotatable bonds is 5. The lowest BCUT2D eigenvalue weighted by molar-refractivity contribution is -0.129. The van der Waals surface area contributed by atoms with Crippen molar-refractivity contribution in [3.63, 3.8) is 0 Å². The highest BCUT2D eigenvalue weighted by Gasteiger charge is 2.19. The highest BCUT2D eigenvalue weighted by atomic mass is 32.2. The van der Waals surface area contributed by atoms with E-state index in [0.717, 1.165) is 60.4 Å². The van der Waals surface area contributed by atoms with Crippen LogP contribution in [0.5, 0.6) is 11.5 Å². The third kappa shape index (κ3) is 3.93. The van der Waals surface area contributed by atoms with E-state index < -0.39 is 0 Å². The number of benzene rings is 1. The number of carbonyl (C=O) groups excluding carboxylic acids is 1. The van der Waals surface area contributed by atoms with Crippen molar-refractivity contribution in [1.82, 2.24) is 14.5 Å². The summed E-state index contributed by atoms with van der Waals surface area (Å²) >= 11 is 1.52. The first-order valence-corrected chi connectivity index (χ1v) is 10.6. The SMILES string of the molecule is CCn1c(-c2ccc3c(c2)OCCO3)cnc1SCC(=O)N1CCCCC1. The molecule has 0 spiro atoms. The molecule has 4 rings (SSSR count). The van der Waals surface area contributed by atoms with Gasteiger partial charge in [0.25, 0.3) is 0 Å². The van der Waals surface area contributed by atoms with Crippen LogP contribution < -0.4 is 9.47 Å². The third-order valence-electron chi connectivity index (χ3n) is 5.01.